The molecule has 3 N–H and O–H groups in total. The second-order valence-corrected chi connectivity index (χ2v) is 5.45. The van der Waals surface area contributed by atoms with Crippen molar-refractivity contribution in [3.05, 3.63) is 105 Å². The van der Waals surface area contributed by atoms with Crippen molar-refractivity contribution in [3.63, 3.8) is 0 Å². The van der Waals surface area contributed by atoms with Gasteiger partial charge in [-0.05, 0) is 26.2 Å². The molecule has 234 valence electrons. The lowest BCUT2D eigenvalue weighted by Crippen LogP contribution is -2.13. The van der Waals surface area contributed by atoms with Crippen molar-refractivity contribution in [2.24, 2.45) is 5.92 Å². The summed E-state index contributed by atoms with van der Waals surface area (Å²) >= 11 is 0. The average molecular weight is 571 g/mol. The monoisotopic (exact) mass is 570 g/mol. The van der Waals surface area contributed by atoms with E-state index in [1.54, 1.807) is 0 Å². The van der Waals surface area contributed by atoms with E-state index in [1.165, 1.54) is 0 Å². The van der Waals surface area contributed by atoms with E-state index in [9.17, 15) is 8.42 Å². The molecule has 0 saturated heterocycles. The number of rotatable bonds is 10. The normalized spacial score (nSPS) is 7.66. The van der Waals surface area contributed by atoms with Gasteiger partial charge in [-0.3, -0.25) is 4.55 Å². The zero-order valence-corrected chi connectivity index (χ0v) is 26.5. The van der Waals surface area contributed by atoms with Crippen LogP contribution in [-0.2, 0) is 19.3 Å². The Morgan fingerprint density at radius 1 is 0.632 bits per heavy atom. The molecular weight excluding hydrogens is 504 g/mol. The van der Waals surface area contributed by atoms with Crippen LogP contribution in [-0.4, -0.2) is 56.2 Å². The number of aliphatic hydroxyl groups is 2. The van der Waals surface area contributed by atoms with Crippen LogP contribution in [0.2, 0.25) is 0 Å². The fourth-order valence-electron chi connectivity index (χ4n) is 1.28. The van der Waals surface area contributed by atoms with E-state index in [1.807, 2.05) is 20.8 Å². The van der Waals surface area contributed by atoms with Crippen molar-refractivity contribution in [1.29, 1.82) is 0 Å². The molecule has 0 aliphatic rings. The van der Waals surface area contributed by atoms with E-state index < -0.39 is 10.4 Å². The first-order chi connectivity index (χ1) is 18.3. The second-order valence-electron chi connectivity index (χ2n) is 4.36. The van der Waals surface area contributed by atoms with Crippen LogP contribution in [0.3, 0.4) is 0 Å². The van der Waals surface area contributed by atoms with E-state index in [0.717, 1.165) is 38.9 Å². The summed E-state index contributed by atoms with van der Waals surface area (Å²) in [5.74, 6) is 0.224. The third kappa shape index (κ3) is 224. The summed E-state index contributed by atoms with van der Waals surface area (Å²) in [5, 5.41) is 15.2. The molecule has 0 rings (SSSR count). The molecule has 8 heteroatoms. The van der Waals surface area contributed by atoms with Crippen LogP contribution >= 0.6 is 0 Å². The summed E-state index contributed by atoms with van der Waals surface area (Å²) in [7, 11) is -4.25. The molecule has 0 saturated carbocycles. The van der Waals surface area contributed by atoms with Crippen molar-refractivity contribution in [2.45, 2.75) is 53.4 Å². The van der Waals surface area contributed by atoms with Crippen LogP contribution in [0, 0.1) is 5.92 Å². The molecule has 7 nitrogen and oxygen atoms in total. The summed E-state index contributed by atoms with van der Waals surface area (Å²) in [6.45, 7) is 57.6. The van der Waals surface area contributed by atoms with Gasteiger partial charge in [0, 0.05) is 13.2 Å². The van der Waals surface area contributed by atoms with Gasteiger partial charge in [-0.2, -0.15) is 8.42 Å². The molecular formula is C30H66O7S. The molecule has 0 bridgehead atoms. The predicted octanol–water partition coefficient (Wildman–Crippen LogP) is 8.45. The van der Waals surface area contributed by atoms with Crippen LogP contribution in [0.1, 0.15) is 53.4 Å². The van der Waals surface area contributed by atoms with Crippen LogP contribution in [0.25, 0.3) is 0 Å². The predicted molar refractivity (Wildman–Crippen MR) is 177 cm³/mol. The van der Waals surface area contributed by atoms with Crippen LogP contribution in [0.5, 0.6) is 0 Å². The largest absolute Gasteiger partial charge is 0.397 e. The number of ether oxygens (including phenoxy) is 1. The van der Waals surface area contributed by atoms with Gasteiger partial charge in [0.25, 0.3) is 0 Å². The van der Waals surface area contributed by atoms with Gasteiger partial charge >= 0.3 is 10.4 Å². The second kappa shape index (κ2) is 126. The lowest BCUT2D eigenvalue weighted by Gasteiger charge is -2.12. The number of hydrogen-bond acceptors (Lipinski definition) is 6. The first-order valence-corrected chi connectivity index (χ1v) is 13.1. The van der Waals surface area contributed by atoms with E-state index in [2.05, 4.69) is 116 Å². The molecule has 0 radical (unpaired) electrons. The summed E-state index contributed by atoms with van der Waals surface area (Å²) in [5.41, 5.74) is 0. The molecule has 0 spiro atoms. The van der Waals surface area contributed by atoms with Crippen LogP contribution in [0.4, 0.5) is 0 Å². The third-order valence-corrected chi connectivity index (χ3v) is 2.94. The van der Waals surface area contributed by atoms with Gasteiger partial charge in [-0.25, -0.2) is 4.18 Å². The Labute approximate surface area is 240 Å². The highest BCUT2D eigenvalue weighted by molar-refractivity contribution is 7.80. The van der Waals surface area contributed by atoms with Gasteiger partial charge in [0.05, 0.1) is 19.8 Å². The molecule has 0 fully saturated rings. The quantitative estimate of drug-likeness (QED) is 0.178. The van der Waals surface area contributed by atoms with E-state index >= 15 is 0 Å². The zero-order valence-electron chi connectivity index (χ0n) is 25.6. The molecule has 1 unspecified atom stereocenters. The van der Waals surface area contributed by atoms with Gasteiger partial charge < -0.3 is 14.9 Å². The zero-order chi connectivity index (χ0) is 33.9. The molecule has 0 aromatic rings. The summed E-state index contributed by atoms with van der Waals surface area (Å²) in [4.78, 5) is 0. The highest BCUT2D eigenvalue weighted by Gasteiger charge is 2.11. The number of unbranched alkanes of at least 4 members (excludes halogenated alkanes) is 1. The molecule has 0 heterocycles. The highest BCUT2D eigenvalue weighted by Crippen LogP contribution is 2.13. The molecule has 0 amide bonds. The molecule has 0 aromatic heterocycles. The first kappa shape index (κ1) is 70.4. The van der Waals surface area contributed by atoms with Gasteiger partial charge in [0.1, 0.15) is 0 Å². The minimum absolute atomic E-state index is 0.0926. The van der Waals surface area contributed by atoms with E-state index in [0.29, 0.717) is 0 Å². The van der Waals surface area contributed by atoms with Gasteiger partial charge in [0.2, 0.25) is 0 Å². The van der Waals surface area contributed by atoms with Crippen molar-refractivity contribution >= 4 is 10.4 Å². The Bertz CT molecular complexity index is 364. The van der Waals surface area contributed by atoms with Crippen LogP contribution < -0.4 is 0 Å². The Kier molecular flexibility index (Phi) is 233. The van der Waals surface area contributed by atoms with Gasteiger partial charge in [-0.1, -0.05) is 33.1 Å². The van der Waals surface area contributed by atoms with Crippen molar-refractivity contribution in [1.82, 2.24) is 0 Å². The van der Waals surface area contributed by atoms with Crippen molar-refractivity contribution in [3.8, 4) is 0 Å². The van der Waals surface area contributed by atoms with Crippen molar-refractivity contribution < 1.29 is 32.1 Å². The van der Waals surface area contributed by atoms with Crippen molar-refractivity contribution in [2.75, 3.05) is 33.0 Å². The topological polar surface area (TPSA) is 113 Å². The fraction of sp³-hybridized carbons (Fsp3) is 0.467. The molecule has 0 aliphatic heterocycles. The maximum atomic E-state index is 10.3. The smallest absolute Gasteiger partial charge is 0.394 e. The van der Waals surface area contributed by atoms with E-state index in [-0.39, 0.29) is 25.7 Å². The molecule has 38 heavy (non-hydrogen) atoms. The minimum Gasteiger partial charge on any atom is -0.394 e. The fourth-order valence-corrected chi connectivity index (χ4v) is 1.65. The third-order valence-electron chi connectivity index (χ3n) is 2.50. The Balaban J connectivity index is -0.0000000274. The van der Waals surface area contributed by atoms with E-state index in [4.69, 9.17) is 19.5 Å². The number of aliphatic hydroxyl groups excluding tert-OH is 2. The molecule has 0 aliphatic carbocycles. The van der Waals surface area contributed by atoms with Gasteiger partial charge in [-0.15, -0.1) is 105 Å². The van der Waals surface area contributed by atoms with Crippen LogP contribution in [0.15, 0.2) is 105 Å². The Morgan fingerprint density at radius 2 is 0.921 bits per heavy atom. The lowest BCUT2D eigenvalue weighted by molar-refractivity contribution is 0.162. The van der Waals surface area contributed by atoms with Gasteiger partial charge in [0.15, 0.2) is 0 Å². The Hall–Kier alpha value is -2.33. The standard InChI is InChI=1S/C8H18O4S.C4H10O.C2H6O2.8C2H4/c1-3-5-6-8(4-2)7-12-13(9,10)11;1-3-5-4-2;3-1-2-4;8*1-2/h8H,3-7H2,1-2H3,(H,9,10,11);3-4H2,1-2H3;3-4H,1-2H2;8*1-2H2. The summed E-state index contributed by atoms with van der Waals surface area (Å²) in [6, 6.07) is 0. The summed E-state index contributed by atoms with van der Waals surface area (Å²) < 4.78 is 38.0. The first-order valence-electron chi connectivity index (χ1n) is 11.7. The Morgan fingerprint density at radius 3 is 1.05 bits per heavy atom. The SMILES string of the molecule is C=C.C=C.C=C.C=C.C=C.C=C.C=C.C=C.CCCCC(CC)COS(=O)(=O)O.CCOCC.OCCO. The lowest BCUT2D eigenvalue weighted by atomic mass is 10.0. The minimum atomic E-state index is -4.25. The number of hydrogen-bond donors (Lipinski definition) is 3. The maximum absolute atomic E-state index is 10.3. The summed E-state index contributed by atoms with van der Waals surface area (Å²) in [6.07, 6.45) is 3.97. The maximum Gasteiger partial charge on any atom is 0.397 e. The highest BCUT2D eigenvalue weighted by atomic mass is 32.3. The molecule has 0 aromatic carbocycles. The molecule has 1 atom stereocenters. The average Bonchev–Trinajstić information content (AvgIpc) is 3.02.